The third-order valence-corrected chi connectivity index (χ3v) is 3.26. The molecule has 1 amide bonds. The first-order chi connectivity index (χ1) is 8.72. The van der Waals surface area contributed by atoms with E-state index in [1.807, 2.05) is 0 Å². The summed E-state index contributed by atoms with van der Waals surface area (Å²) in [7, 11) is 0. The van der Waals surface area contributed by atoms with Gasteiger partial charge in [0, 0.05) is 12.1 Å². The van der Waals surface area contributed by atoms with E-state index in [2.05, 4.69) is 10.3 Å². The summed E-state index contributed by atoms with van der Waals surface area (Å²) < 4.78 is 13.5. The van der Waals surface area contributed by atoms with Gasteiger partial charge in [-0.15, -0.1) is 11.3 Å². The van der Waals surface area contributed by atoms with E-state index in [0.717, 1.165) is 11.3 Å². The number of nitrogens with zero attached hydrogens (tertiary/aromatic N) is 1. The SMILES string of the molecule is O=C(NCCO)c1cnc(-c2ccccc2F)s1. The molecule has 1 aromatic heterocycles. The van der Waals surface area contributed by atoms with Gasteiger partial charge in [0.25, 0.3) is 5.91 Å². The first-order valence-corrected chi connectivity index (χ1v) is 6.14. The first kappa shape index (κ1) is 12.7. The van der Waals surface area contributed by atoms with Gasteiger partial charge >= 0.3 is 0 Å². The van der Waals surface area contributed by atoms with Gasteiger partial charge in [-0.25, -0.2) is 9.37 Å². The van der Waals surface area contributed by atoms with Gasteiger partial charge in [-0.1, -0.05) is 12.1 Å². The zero-order chi connectivity index (χ0) is 13.0. The summed E-state index contributed by atoms with van der Waals surface area (Å²) in [5.41, 5.74) is 0.378. The van der Waals surface area contributed by atoms with Crippen molar-refractivity contribution in [2.45, 2.75) is 0 Å². The third kappa shape index (κ3) is 2.72. The molecular formula is C12H11FN2O2S. The number of aromatic nitrogens is 1. The number of aliphatic hydroxyl groups is 1. The first-order valence-electron chi connectivity index (χ1n) is 5.32. The minimum atomic E-state index is -0.367. The molecule has 0 spiro atoms. The van der Waals surface area contributed by atoms with Crippen molar-refractivity contribution in [3.8, 4) is 10.6 Å². The van der Waals surface area contributed by atoms with Crippen LogP contribution in [0.1, 0.15) is 9.67 Å². The third-order valence-electron chi connectivity index (χ3n) is 2.23. The van der Waals surface area contributed by atoms with Gasteiger partial charge in [-0.05, 0) is 12.1 Å². The molecule has 2 N–H and O–H groups in total. The number of carbonyl (C=O) groups excluding carboxylic acids is 1. The molecular weight excluding hydrogens is 255 g/mol. The van der Waals surface area contributed by atoms with Crippen LogP contribution in [-0.4, -0.2) is 29.1 Å². The monoisotopic (exact) mass is 266 g/mol. The van der Waals surface area contributed by atoms with Gasteiger partial charge in [0.1, 0.15) is 15.7 Å². The predicted octanol–water partition coefficient (Wildman–Crippen LogP) is 1.67. The molecule has 94 valence electrons. The van der Waals surface area contributed by atoms with E-state index in [0.29, 0.717) is 15.4 Å². The lowest BCUT2D eigenvalue weighted by molar-refractivity contribution is 0.0948. The molecule has 0 aliphatic heterocycles. The lowest BCUT2D eigenvalue weighted by atomic mass is 10.2. The summed E-state index contributed by atoms with van der Waals surface area (Å²) in [6.07, 6.45) is 1.40. The lowest BCUT2D eigenvalue weighted by Gasteiger charge is -1.99. The number of rotatable bonds is 4. The van der Waals surface area contributed by atoms with Crippen LogP contribution < -0.4 is 5.32 Å². The zero-order valence-corrected chi connectivity index (χ0v) is 10.2. The summed E-state index contributed by atoms with van der Waals surface area (Å²) >= 11 is 1.11. The van der Waals surface area contributed by atoms with Crippen LogP contribution in [0.3, 0.4) is 0 Å². The lowest BCUT2D eigenvalue weighted by Crippen LogP contribution is -2.25. The van der Waals surface area contributed by atoms with Crippen molar-refractivity contribution in [1.29, 1.82) is 0 Å². The molecule has 0 saturated heterocycles. The smallest absolute Gasteiger partial charge is 0.263 e. The number of nitrogens with one attached hydrogen (secondary N) is 1. The molecule has 0 radical (unpaired) electrons. The van der Waals surface area contributed by atoms with Crippen LogP contribution >= 0.6 is 11.3 Å². The normalized spacial score (nSPS) is 10.3. The number of hydrogen-bond acceptors (Lipinski definition) is 4. The van der Waals surface area contributed by atoms with E-state index in [1.165, 1.54) is 12.3 Å². The number of hydrogen-bond donors (Lipinski definition) is 2. The average molecular weight is 266 g/mol. The van der Waals surface area contributed by atoms with Crippen molar-refractivity contribution < 1.29 is 14.3 Å². The molecule has 2 rings (SSSR count). The number of carbonyl (C=O) groups is 1. The van der Waals surface area contributed by atoms with Crippen molar-refractivity contribution in [1.82, 2.24) is 10.3 Å². The van der Waals surface area contributed by atoms with E-state index in [-0.39, 0.29) is 24.9 Å². The molecule has 1 aromatic carbocycles. The Hall–Kier alpha value is -1.79. The number of amides is 1. The van der Waals surface area contributed by atoms with Crippen LogP contribution in [0.5, 0.6) is 0 Å². The fourth-order valence-electron chi connectivity index (χ4n) is 1.39. The van der Waals surface area contributed by atoms with Crippen molar-refractivity contribution in [3.05, 3.63) is 41.2 Å². The van der Waals surface area contributed by atoms with Gasteiger partial charge < -0.3 is 10.4 Å². The second kappa shape index (κ2) is 5.70. The molecule has 0 aliphatic carbocycles. The maximum Gasteiger partial charge on any atom is 0.263 e. The summed E-state index contributed by atoms with van der Waals surface area (Å²) in [5.74, 6) is -0.682. The molecule has 0 atom stereocenters. The highest BCUT2D eigenvalue weighted by Gasteiger charge is 2.13. The summed E-state index contributed by atoms with van der Waals surface area (Å²) in [6.45, 7) is 0.0660. The molecule has 0 unspecified atom stereocenters. The molecule has 2 aromatic rings. The fourth-order valence-corrected chi connectivity index (χ4v) is 2.25. The minimum Gasteiger partial charge on any atom is -0.395 e. The molecule has 1 heterocycles. The summed E-state index contributed by atoms with van der Waals surface area (Å²) in [5, 5.41) is 11.6. The molecule has 4 nitrogen and oxygen atoms in total. The van der Waals surface area contributed by atoms with E-state index in [1.54, 1.807) is 18.2 Å². The standard InChI is InChI=1S/C12H11FN2O2S/c13-9-4-2-1-3-8(9)12-15-7-10(18-12)11(17)14-5-6-16/h1-4,7,16H,5-6H2,(H,14,17). The van der Waals surface area contributed by atoms with E-state index in [4.69, 9.17) is 5.11 Å². The van der Waals surface area contributed by atoms with Crippen LogP contribution in [0.4, 0.5) is 4.39 Å². The molecule has 18 heavy (non-hydrogen) atoms. The quantitative estimate of drug-likeness (QED) is 0.885. The largest absolute Gasteiger partial charge is 0.395 e. The molecule has 0 aliphatic rings. The topological polar surface area (TPSA) is 62.2 Å². The Morgan fingerprint density at radius 3 is 2.94 bits per heavy atom. The van der Waals surface area contributed by atoms with Crippen LogP contribution in [0.15, 0.2) is 30.5 Å². The second-order valence-electron chi connectivity index (χ2n) is 3.49. The molecule has 0 saturated carbocycles. The van der Waals surface area contributed by atoms with E-state index >= 15 is 0 Å². The highest BCUT2D eigenvalue weighted by molar-refractivity contribution is 7.16. The maximum absolute atomic E-state index is 13.5. The van der Waals surface area contributed by atoms with Crippen molar-refractivity contribution in [3.63, 3.8) is 0 Å². The Morgan fingerprint density at radius 2 is 2.22 bits per heavy atom. The number of halogens is 1. The predicted molar refractivity (Wildman–Crippen MR) is 66.9 cm³/mol. The zero-order valence-electron chi connectivity index (χ0n) is 9.39. The van der Waals surface area contributed by atoms with Crippen molar-refractivity contribution >= 4 is 17.2 Å². The Labute approximate surface area is 107 Å². The van der Waals surface area contributed by atoms with E-state index in [9.17, 15) is 9.18 Å². The van der Waals surface area contributed by atoms with Crippen LogP contribution in [0.2, 0.25) is 0 Å². The van der Waals surface area contributed by atoms with Crippen molar-refractivity contribution in [2.75, 3.05) is 13.2 Å². The molecule has 6 heteroatoms. The van der Waals surface area contributed by atoms with Gasteiger partial charge in [0.15, 0.2) is 0 Å². The van der Waals surface area contributed by atoms with Gasteiger partial charge in [-0.2, -0.15) is 0 Å². The van der Waals surface area contributed by atoms with Gasteiger partial charge in [-0.3, -0.25) is 4.79 Å². The Bertz CT molecular complexity index is 557. The van der Waals surface area contributed by atoms with Crippen molar-refractivity contribution in [2.24, 2.45) is 0 Å². The average Bonchev–Trinajstić information content (AvgIpc) is 2.86. The van der Waals surface area contributed by atoms with Crippen LogP contribution in [0.25, 0.3) is 10.6 Å². The van der Waals surface area contributed by atoms with Gasteiger partial charge in [0.05, 0.1) is 12.8 Å². The highest BCUT2D eigenvalue weighted by Crippen LogP contribution is 2.27. The second-order valence-corrected chi connectivity index (χ2v) is 4.52. The van der Waals surface area contributed by atoms with E-state index < -0.39 is 0 Å². The minimum absolute atomic E-state index is 0.120. The summed E-state index contributed by atoms with van der Waals surface area (Å²) in [6, 6.07) is 6.28. The highest BCUT2D eigenvalue weighted by atomic mass is 32.1. The molecule has 0 bridgehead atoms. The van der Waals surface area contributed by atoms with Gasteiger partial charge in [0.2, 0.25) is 0 Å². The Morgan fingerprint density at radius 1 is 1.44 bits per heavy atom. The Kier molecular flexibility index (Phi) is 4.01. The number of aliphatic hydroxyl groups excluding tert-OH is 1. The maximum atomic E-state index is 13.5. The number of benzene rings is 1. The Balaban J connectivity index is 2.21. The van der Waals surface area contributed by atoms with Crippen LogP contribution in [0, 0.1) is 5.82 Å². The van der Waals surface area contributed by atoms with Crippen LogP contribution in [-0.2, 0) is 0 Å². The fraction of sp³-hybridized carbons (Fsp3) is 0.167. The molecule has 0 fully saturated rings. The summed E-state index contributed by atoms with van der Waals surface area (Å²) in [4.78, 5) is 16.0. The number of thiazole rings is 1.